The minimum absolute atomic E-state index is 0.212. The molecule has 5 N–H and O–H groups in total. The molecule has 0 spiro atoms. The molecule has 3 amide bonds. The maximum atomic E-state index is 12.3. The molecule has 1 aliphatic heterocycles. The van der Waals surface area contributed by atoms with Gasteiger partial charge in [0.15, 0.2) is 0 Å². The summed E-state index contributed by atoms with van der Waals surface area (Å²) in [5.74, 6) is -3.45. The van der Waals surface area contributed by atoms with Gasteiger partial charge in [-0.3, -0.25) is 24.5 Å². The first-order chi connectivity index (χ1) is 16.2. The Kier molecular flexibility index (Phi) is 8.04. The Morgan fingerprint density at radius 2 is 1.68 bits per heavy atom. The van der Waals surface area contributed by atoms with Crippen molar-refractivity contribution in [1.29, 1.82) is 0 Å². The average molecular weight is 484 g/mol. The summed E-state index contributed by atoms with van der Waals surface area (Å²) in [6.07, 6.45) is 1.06. The van der Waals surface area contributed by atoms with Crippen LogP contribution < -0.4 is 16.0 Å². The van der Waals surface area contributed by atoms with Gasteiger partial charge < -0.3 is 20.8 Å². The Labute approximate surface area is 198 Å². The number of amides is 3. The van der Waals surface area contributed by atoms with Crippen molar-refractivity contribution >= 4 is 52.5 Å². The molecule has 0 saturated carbocycles. The highest BCUT2D eigenvalue weighted by Gasteiger charge is 2.25. The van der Waals surface area contributed by atoms with Gasteiger partial charge in [-0.05, 0) is 59.7 Å². The van der Waals surface area contributed by atoms with Crippen molar-refractivity contribution in [3.05, 3.63) is 70.1 Å². The van der Waals surface area contributed by atoms with E-state index in [9.17, 15) is 24.0 Å². The van der Waals surface area contributed by atoms with Crippen LogP contribution in [0.4, 0.5) is 10.5 Å². The van der Waals surface area contributed by atoms with E-state index in [4.69, 9.17) is 10.2 Å². The van der Waals surface area contributed by atoms with E-state index in [0.29, 0.717) is 11.4 Å². The molecule has 2 aromatic rings. The second-order valence-corrected chi connectivity index (χ2v) is 8.34. The van der Waals surface area contributed by atoms with Gasteiger partial charge in [-0.2, -0.15) is 0 Å². The molecule has 1 heterocycles. The summed E-state index contributed by atoms with van der Waals surface area (Å²) in [4.78, 5) is 57.4. The van der Waals surface area contributed by atoms with E-state index in [-0.39, 0.29) is 23.6 Å². The summed E-state index contributed by atoms with van der Waals surface area (Å²) in [5, 5.41) is 25.2. The predicted molar refractivity (Wildman–Crippen MR) is 125 cm³/mol. The normalized spacial score (nSPS) is 15.0. The number of carbonyl (C=O) groups excluding carboxylic acids is 3. The van der Waals surface area contributed by atoms with Crippen LogP contribution in [0.3, 0.4) is 0 Å². The fourth-order valence-corrected chi connectivity index (χ4v) is 3.70. The summed E-state index contributed by atoms with van der Waals surface area (Å²) in [7, 11) is 0. The number of thioether (sulfide) groups is 1. The molecule has 0 unspecified atom stereocenters. The van der Waals surface area contributed by atoms with Gasteiger partial charge in [0.25, 0.3) is 17.1 Å². The zero-order chi connectivity index (χ0) is 24.7. The Balaban J connectivity index is 1.53. The lowest BCUT2D eigenvalue weighted by Crippen LogP contribution is -2.41. The predicted octanol–water partition coefficient (Wildman–Crippen LogP) is 2.67. The Morgan fingerprint density at radius 3 is 2.24 bits per heavy atom. The van der Waals surface area contributed by atoms with E-state index in [1.54, 1.807) is 18.2 Å². The molecule has 0 aliphatic carbocycles. The summed E-state index contributed by atoms with van der Waals surface area (Å²) in [6.45, 7) is 0.492. The SMILES string of the molecule is O=C(O)CC[C@@H](NC(=O)c1ccc(NCc2ccc(/C=C3\SC(=O)NC3=O)cc2)cc1)C(=O)O. The Morgan fingerprint density at radius 1 is 1.00 bits per heavy atom. The summed E-state index contributed by atoms with van der Waals surface area (Å²) >= 11 is 0.859. The molecule has 0 bridgehead atoms. The topological polar surface area (TPSA) is 162 Å². The monoisotopic (exact) mass is 483 g/mol. The van der Waals surface area contributed by atoms with Crippen molar-refractivity contribution in [3.63, 3.8) is 0 Å². The van der Waals surface area contributed by atoms with Gasteiger partial charge >= 0.3 is 11.9 Å². The van der Waals surface area contributed by atoms with Crippen molar-refractivity contribution in [2.45, 2.75) is 25.4 Å². The zero-order valence-corrected chi connectivity index (χ0v) is 18.6. The van der Waals surface area contributed by atoms with Crippen molar-refractivity contribution in [1.82, 2.24) is 10.6 Å². The molecule has 176 valence electrons. The lowest BCUT2D eigenvalue weighted by atomic mass is 10.1. The van der Waals surface area contributed by atoms with Crippen molar-refractivity contribution in [3.8, 4) is 0 Å². The number of nitrogens with one attached hydrogen (secondary N) is 3. The van der Waals surface area contributed by atoms with Gasteiger partial charge in [0.1, 0.15) is 6.04 Å². The highest BCUT2D eigenvalue weighted by atomic mass is 32.2. The van der Waals surface area contributed by atoms with E-state index in [2.05, 4.69) is 16.0 Å². The quantitative estimate of drug-likeness (QED) is 0.320. The summed E-state index contributed by atoms with van der Waals surface area (Å²) in [5.41, 5.74) is 2.73. The number of hydrogen-bond acceptors (Lipinski definition) is 7. The number of carboxylic acids is 2. The van der Waals surface area contributed by atoms with Gasteiger partial charge in [-0.25, -0.2) is 4.79 Å². The van der Waals surface area contributed by atoms with Crippen molar-refractivity contribution in [2.75, 3.05) is 5.32 Å². The van der Waals surface area contributed by atoms with Gasteiger partial charge in [-0.1, -0.05) is 24.3 Å². The third kappa shape index (κ3) is 6.94. The molecule has 1 atom stereocenters. The minimum Gasteiger partial charge on any atom is -0.481 e. The first kappa shape index (κ1) is 24.5. The van der Waals surface area contributed by atoms with E-state index < -0.39 is 29.8 Å². The van der Waals surface area contributed by atoms with Crippen LogP contribution in [0.5, 0.6) is 0 Å². The molecule has 10 nitrogen and oxygen atoms in total. The number of anilines is 1. The van der Waals surface area contributed by atoms with Crippen molar-refractivity contribution < 1.29 is 34.2 Å². The van der Waals surface area contributed by atoms with E-state index in [1.807, 2.05) is 24.3 Å². The number of rotatable bonds is 10. The standard InChI is InChI=1S/C23H21N3O7S/c27-19(28)10-9-17(22(31)32)25-20(29)15-5-7-16(8-6-15)24-12-14-3-1-13(2-4-14)11-18-21(30)26-23(33)34-18/h1-8,11,17,24H,9-10,12H2,(H,25,29)(H,27,28)(H,31,32)(H,26,30,33)/b18-11-/t17-/m1/s1. The molecule has 1 aliphatic rings. The average Bonchev–Trinajstić information content (AvgIpc) is 3.12. The van der Waals surface area contributed by atoms with Gasteiger partial charge in [0, 0.05) is 24.2 Å². The first-order valence-corrected chi connectivity index (χ1v) is 11.0. The van der Waals surface area contributed by atoms with Crippen LogP contribution in [0, 0.1) is 0 Å². The molecular weight excluding hydrogens is 462 g/mol. The second kappa shape index (κ2) is 11.1. The smallest absolute Gasteiger partial charge is 0.326 e. The Hall–Kier alpha value is -4.12. The van der Waals surface area contributed by atoms with Crippen LogP contribution in [0.2, 0.25) is 0 Å². The zero-order valence-electron chi connectivity index (χ0n) is 17.7. The molecular formula is C23H21N3O7S. The molecule has 2 aromatic carbocycles. The van der Waals surface area contributed by atoms with Gasteiger partial charge in [-0.15, -0.1) is 0 Å². The number of imide groups is 1. The summed E-state index contributed by atoms with van der Waals surface area (Å²) in [6, 6.07) is 12.6. The number of carboxylic acid groups (broad SMARTS) is 2. The first-order valence-electron chi connectivity index (χ1n) is 10.1. The minimum atomic E-state index is -1.30. The third-order valence-electron chi connectivity index (χ3n) is 4.81. The molecule has 3 rings (SSSR count). The molecule has 34 heavy (non-hydrogen) atoms. The van der Waals surface area contributed by atoms with E-state index >= 15 is 0 Å². The number of hydrogen-bond donors (Lipinski definition) is 5. The molecule has 1 fully saturated rings. The van der Waals surface area contributed by atoms with Crippen LogP contribution in [0.25, 0.3) is 6.08 Å². The fraction of sp³-hybridized carbons (Fsp3) is 0.174. The largest absolute Gasteiger partial charge is 0.481 e. The lowest BCUT2D eigenvalue weighted by molar-refractivity contribution is -0.140. The highest BCUT2D eigenvalue weighted by Crippen LogP contribution is 2.25. The molecule has 11 heteroatoms. The molecule has 0 aromatic heterocycles. The fourth-order valence-electron chi connectivity index (χ4n) is 3.01. The lowest BCUT2D eigenvalue weighted by Gasteiger charge is -2.14. The van der Waals surface area contributed by atoms with Crippen LogP contribution in [-0.4, -0.2) is 45.2 Å². The summed E-state index contributed by atoms with van der Waals surface area (Å²) < 4.78 is 0. The highest BCUT2D eigenvalue weighted by molar-refractivity contribution is 8.18. The van der Waals surface area contributed by atoms with Crippen molar-refractivity contribution in [2.24, 2.45) is 0 Å². The van der Waals surface area contributed by atoms with Gasteiger partial charge in [0.05, 0.1) is 4.91 Å². The van der Waals surface area contributed by atoms with E-state index in [0.717, 1.165) is 28.6 Å². The van der Waals surface area contributed by atoms with Crippen LogP contribution in [-0.2, 0) is 20.9 Å². The molecule has 0 radical (unpaired) electrons. The van der Waals surface area contributed by atoms with Crippen LogP contribution >= 0.6 is 11.8 Å². The third-order valence-corrected chi connectivity index (χ3v) is 5.62. The van der Waals surface area contributed by atoms with Crippen LogP contribution in [0.1, 0.15) is 34.3 Å². The van der Waals surface area contributed by atoms with Crippen LogP contribution in [0.15, 0.2) is 53.4 Å². The van der Waals surface area contributed by atoms with Gasteiger partial charge in [0.2, 0.25) is 0 Å². The van der Waals surface area contributed by atoms with E-state index in [1.165, 1.54) is 12.1 Å². The molecule has 1 saturated heterocycles. The maximum Gasteiger partial charge on any atom is 0.326 e. The maximum absolute atomic E-state index is 12.3. The Bertz CT molecular complexity index is 1140. The number of carbonyl (C=O) groups is 5. The second-order valence-electron chi connectivity index (χ2n) is 7.32. The number of aliphatic carboxylic acids is 2. The number of benzene rings is 2.